The van der Waals surface area contributed by atoms with Gasteiger partial charge in [-0.1, -0.05) is 23.2 Å². The Morgan fingerprint density at radius 1 is 1.09 bits per heavy atom. The maximum absolute atomic E-state index is 9.26. The third-order valence-electron chi connectivity index (χ3n) is 1.39. The van der Waals surface area contributed by atoms with Gasteiger partial charge in [0.05, 0.1) is 11.4 Å². The van der Waals surface area contributed by atoms with Crippen LogP contribution in [-0.2, 0) is 0 Å². The lowest BCUT2D eigenvalue weighted by Gasteiger charge is -2.04. The van der Waals surface area contributed by atoms with Crippen LogP contribution >= 0.6 is 23.2 Å². The van der Waals surface area contributed by atoms with Gasteiger partial charge in [-0.15, -0.1) is 0 Å². The molecule has 1 N–H and O–H groups in total. The van der Waals surface area contributed by atoms with E-state index in [0.717, 1.165) is 0 Å². The van der Waals surface area contributed by atoms with Gasteiger partial charge in [0.15, 0.2) is 5.75 Å². The molecule has 11 heavy (non-hydrogen) atoms. The minimum absolute atomic E-state index is 0.0849. The van der Waals surface area contributed by atoms with E-state index in [1.165, 1.54) is 0 Å². The van der Waals surface area contributed by atoms with Gasteiger partial charge in [-0.25, -0.2) is 0 Å². The van der Waals surface area contributed by atoms with E-state index in [1.807, 2.05) is 0 Å². The van der Waals surface area contributed by atoms with Crippen LogP contribution in [0.2, 0.25) is 10.0 Å². The van der Waals surface area contributed by atoms with Crippen LogP contribution < -0.4 is 0 Å². The lowest BCUT2D eigenvalue weighted by atomic mass is 10.3. The highest BCUT2D eigenvalue weighted by Gasteiger charge is 2.10. The van der Waals surface area contributed by atoms with Crippen LogP contribution in [-0.4, -0.2) is 10.1 Å². The van der Waals surface area contributed by atoms with Crippen molar-refractivity contribution in [3.8, 4) is 5.75 Å². The molecule has 0 spiro atoms. The van der Waals surface area contributed by atoms with E-state index < -0.39 is 0 Å². The van der Waals surface area contributed by atoms with Crippen molar-refractivity contribution in [2.75, 3.05) is 0 Å². The Labute approximate surface area is 74.8 Å². The summed E-state index contributed by atoms with van der Waals surface area (Å²) in [5, 5.41) is 9.71. The van der Waals surface area contributed by atoms with Gasteiger partial charge in [0.2, 0.25) is 0 Å². The Bertz CT molecular complexity index is 273. The van der Waals surface area contributed by atoms with Crippen molar-refractivity contribution in [3.05, 3.63) is 21.4 Å². The van der Waals surface area contributed by atoms with Gasteiger partial charge >= 0.3 is 0 Å². The number of aromatic hydroxyl groups is 1. The van der Waals surface area contributed by atoms with Gasteiger partial charge < -0.3 is 5.11 Å². The Morgan fingerprint density at radius 3 is 1.82 bits per heavy atom. The molecule has 0 atom stereocenters. The Balaban J connectivity index is 3.46. The molecule has 0 amide bonds. The van der Waals surface area contributed by atoms with Crippen LogP contribution in [0, 0.1) is 13.8 Å². The molecule has 2 nitrogen and oxygen atoms in total. The zero-order valence-electron chi connectivity index (χ0n) is 6.15. The molecule has 0 fully saturated rings. The predicted octanol–water partition coefficient (Wildman–Crippen LogP) is 2.71. The van der Waals surface area contributed by atoms with Crippen molar-refractivity contribution in [1.82, 2.24) is 4.98 Å². The second kappa shape index (κ2) is 2.88. The lowest BCUT2D eigenvalue weighted by molar-refractivity contribution is 0.474. The van der Waals surface area contributed by atoms with Crippen LogP contribution in [0.3, 0.4) is 0 Å². The van der Waals surface area contributed by atoms with Crippen molar-refractivity contribution >= 4 is 23.2 Å². The average molecular weight is 192 g/mol. The predicted molar refractivity (Wildman–Crippen MR) is 45.4 cm³/mol. The highest BCUT2D eigenvalue weighted by Crippen LogP contribution is 2.34. The molecule has 4 heteroatoms. The maximum Gasteiger partial charge on any atom is 0.156 e. The molecule has 0 bridgehead atoms. The quantitative estimate of drug-likeness (QED) is 0.685. The number of hydrogen-bond acceptors (Lipinski definition) is 2. The topological polar surface area (TPSA) is 33.1 Å². The summed E-state index contributed by atoms with van der Waals surface area (Å²) in [5.74, 6) is -0.0849. The molecule has 0 aromatic carbocycles. The number of nitrogens with zero attached hydrogens (tertiary/aromatic N) is 1. The van der Waals surface area contributed by atoms with Crippen LogP contribution in [0.1, 0.15) is 11.4 Å². The number of pyridine rings is 1. The molecular formula is C7H7Cl2NO. The summed E-state index contributed by atoms with van der Waals surface area (Å²) in [7, 11) is 0. The number of aromatic nitrogens is 1. The molecule has 1 rings (SSSR count). The summed E-state index contributed by atoms with van der Waals surface area (Å²) in [4.78, 5) is 4.01. The Morgan fingerprint density at radius 2 is 1.45 bits per heavy atom. The number of rotatable bonds is 0. The highest BCUT2D eigenvalue weighted by molar-refractivity contribution is 6.37. The molecule has 0 aliphatic carbocycles. The average Bonchev–Trinajstić information content (AvgIpc) is 1.97. The Kier molecular flexibility index (Phi) is 2.25. The van der Waals surface area contributed by atoms with Gasteiger partial charge in [0, 0.05) is 0 Å². The van der Waals surface area contributed by atoms with Crippen molar-refractivity contribution in [1.29, 1.82) is 0 Å². The molecule has 0 aliphatic heterocycles. The molecule has 0 aliphatic rings. The van der Waals surface area contributed by atoms with E-state index in [2.05, 4.69) is 4.98 Å². The standard InChI is InChI=1S/C7H7Cl2NO/c1-3-5(8)7(11)6(9)4(2)10-3/h1-2H3,(H,10,11). The van der Waals surface area contributed by atoms with Gasteiger partial charge in [0.25, 0.3) is 0 Å². The normalized spacial score (nSPS) is 10.2. The third-order valence-corrected chi connectivity index (χ3v) is 2.29. The molecule has 1 heterocycles. The van der Waals surface area contributed by atoms with E-state index in [-0.39, 0.29) is 15.8 Å². The largest absolute Gasteiger partial charge is 0.505 e. The summed E-state index contributed by atoms with van der Waals surface area (Å²) < 4.78 is 0. The highest BCUT2D eigenvalue weighted by atomic mass is 35.5. The first-order valence-electron chi connectivity index (χ1n) is 3.05. The van der Waals surface area contributed by atoms with Crippen LogP contribution in [0.15, 0.2) is 0 Å². The molecule has 0 unspecified atom stereocenters. The fraction of sp³-hybridized carbons (Fsp3) is 0.286. The fourth-order valence-electron chi connectivity index (χ4n) is 0.789. The Hall–Kier alpha value is -0.470. The van der Waals surface area contributed by atoms with Crippen LogP contribution in [0.25, 0.3) is 0 Å². The van der Waals surface area contributed by atoms with Crippen LogP contribution in [0.5, 0.6) is 5.75 Å². The van der Waals surface area contributed by atoms with Crippen LogP contribution in [0.4, 0.5) is 0 Å². The molecule has 0 saturated carbocycles. The number of aryl methyl sites for hydroxylation is 2. The van der Waals surface area contributed by atoms with Crippen molar-refractivity contribution in [2.24, 2.45) is 0 Å². The second-order valence-electron chi connectivity index (χ2n) is 2.26. The summed E-state index contributed by atoms with van der Waals surface area (Å²) in [6.07, 6.45) is 0. The van der Waals surface area contributed by atoms with Gasteiger partial charge in [-0.3, -0.25) is 4.98 Å². The first-order valence-corrected chi connectivity index (χ1v) is 3.80. The summed E-state index contributed by atoms with van der Waals surface area (Å²) in [6, 6.07) is 0. The fourth-order valence-corrected chi connectivity index (χ4v) is 1.11. The first kappa shape index (κ1) is 8.62. The third kappa shape index (κ3) is 1.42. The van der Waals surface area contributed by atoms with E-state index in [0.29, 0.717) is 11.4 Å². The van der Waals surface area contributed by atoms with E-state index in [9.17, 15) is 5.11 Å². The number of halogens is 2. The maximum atomic E-state index is 9.26. The molecular weight excluding hydrogens is 185 g/mol. The first-order chi connectivity index (χ1) is 5.04. The van der Waals surface area contributed by atoms with Crippen molar-refractivity contribution < 1.29 is 5.11 Å². The van der Waals surface area contributed by atoms with Crippen molar-refractivity contribution in [2.45, 2.75) is 13.8 Å². The second-order valence-corrected chi connectivity index (χ2v) is 3.02. The van der Waals surface area contributed by atoms with E-state index in [1.54, 1.807) is 13.8 Å². The minimum Gasteiger partial charge on any atom is -0.505 e. The monoisotopic (exact) mass is 191 g/mol. The molecule has 1 aromatic heterocycles. The molecule has 1 aromatic rings. The lowest BCUT2D eigenvalue weighted by Crippen LogP contribution is -1.89. The molecule has 60 valence electrons. The smallest absolute Gasteiger partial charge is 0.156 e. The molecule has 0 radical (unpaired) electrons. The summed E-state index contributed by atoms with van der Waals surface area (Å²) in [5.41, 5.74) is 1.18. The van der Waals surface area contributed by atoms with Gasteiger partial charge in [0.1, 0.15) is 10.0 Å². The summed E-state index contributed by atoms with van der Waals surface area (Å²) in [6.45, 7) is 3.43. The number of hydrogen-bond donors (Lipinski definition) is 1. The zero-order chi connectivity index (χ0) is 8.59. The van der Waals surface area contributed by atoms with E-state index in [4.69, 9.17) is 23.2 Å². The SMILES string of the molecule is Cc1nc(C)c(Cl)c(O)c1Cl. The minimum atomic E-state index is -0.0849. The summed E-state index contributed by atoms with van der Waals surface area (Å²) >= 11 is 11.3. The van der Waals surface area contributed by atoms with Crippen molar-refractivity contribution in [3.63, 3.8) is 0 Å². The molecule has 0 saturated heterocycles. The van der Waals surface area contributed by atoms with E-state index >= 15 is 0 Å². The van der Waals surface area contributed by atoms with Gasteiger partial charge in [-0.2, -0.15) is 0 Å². The zero-order valence-corrected chi connectivity index (χ0v) is 7.66. The van der Waals surface area contributed by atoms with Gasteiger partial charge in [-0.05, 0) is 13.8 Å².